The monoisotopic (exact) mass is 311 g/mol. The predicted octanol–water partition coefficient (Wildman–Crippen LogP) is 4.10. The highest BCUT2D eigenvalue weighted by Crippen LogP contribution is 2.28. The van der Waals surface area contributed by atoms with Gasteiger partial charge in [0.1, 0.15) is 0 Å². The number of hydrogen-bond acceptors (Lipinski definition) is 2. The highest BCUT2D eigenvalue weighted by Gasteiger charge is 2.31. The molecule has 0 aliphatic rings. The van der Waals surface area contributed by atoms with Gasteiger partial charge < -0.3 is 10.1 Å². The molecule has 0 saturated carbocycles. The second kappa shape index (κ2) is 8.85. The van der Waals surface area contributed by atoms with Crippen LogP contribution in [0.25, 0.3) is 0 Å². The van der Waals surface area contributed by atoms with Crippen molar-refractivity contribution in [2.75, 3.05) is 20.3 Å². The van der Waals surface area contributed by atoms with Gasteiger partial charge in [0.15, 0.2) is 0 Å². The zero-order valence-corrected chi connectivity index (χ0v) is 14.6. The van der Waals surface area contributed by atoms with Gasteiger partial charge in [-0.25, -0.2) is 0 Å². The van der Waals surface area contributed by atoms with Crippen LogP contribution in [-0.2, 0) is 17.6 Å². The Kier molecular flexibility index (Phi) is 6.82. The van der Waals surface area contributed by atoms with E-state index >= 15 is 0 Å². The highest BCUT2D eigenvalue weighted by molar-refractivity contribution is 5.21. The summed E-state index contributed by atoms with van der Waals surface area (Å²) in [5.74, 6) is 0. The van der Waals surface area contributed by atoms with Crippen molar-refractivity contribution in [2.24, 2.45) is 5.41 Å². The summed E-state index contributed by atoms with van der Waals surface area (Å²) in [5, 5.41) is 3.63. The summed E-state index contributed by atoms with van der Waals surface area (Å²) in [4.78, 5) is 0. The van der Waals surface area contributed by atoms with E-state index in [2.05, 4.69) is 79.8 Å². The second-order valence-corrected chi connectivity index (χ2v) is 6.79. The Morgan fingerprint density at radius 3 is 1.74 bits per heavy atom. The molecule has 0 spiro atoms. The molecule has 2 heteroatoms. The molecule has 23 heavy (non-hydrogen) atoms. The van der Waals surface area contributed by atoms with Gasteiger partial charge in [-0.2, -0.15) is 0 Å². The van der Waals surface area contributed by atoms with Crippen molar-refractivity contribution < 1.29 is 4.74 Å². The molecule has 2 nitrogen and oxygen atoms in total. The third-order valence-corrected chi connectivity index (χ3v) is 4.18. The molecule has 2 rings (SSSR count). The Bertz CT molecular complexity index is 509. The molecule has 0 amide bonds. The predicted molar refractivity (Wildman–Crippen MR) is 97.7 cm³/mol. The standard InChI is InChI=1S/C21H29NO/c1-18(2)22-16-21(17-23-3,14-19-10-6-4-7-11-19)15-20-12-8-5-9-13-20/h4-13,18,22H,14-17H2,1-3H3. The normalized spacial score (nSPS) is 11.8. The lowest BCUT2D eigenvalue weighted by atomic mass is 9.76. The molecular weight excluding hydrogens is 282 g/mol. The topological polar surface area (TPSA) is 21.3 Å². The molecule has 0 aromatic heterocycles. The first kappa shape index (κ1) is 17.7. The minimum Gasteiger partial charge on any atom is -0.384 e. The van der Waals surface area contributed by atoms with Crippen molar-refractivity contribution in [3.8, 4) is 0 Å². The van der Waals surface area contributed by atoms with E-state index in [4.69, 9.17) is 4.74 Å². The minimum absolute atomic E-state index is 0.0573. The van der Waals surface area contributed by atoms with Crippen LogP contribution in [0.4, 0.5) is 0 Å². The van der Waals surface area contributed by atoms with Gasteiger partial charge in [-0.3, -0.25) is 0 Å². The number of benzene rings is 2. The fourth-order valence-electron chi connectivity index (χ4n) is 3.13. The van der Waals surface area contributed by atoms with Crippen molar-refractivity contribution >= 4 is 0 Å². The van der Waals surface area contributed by atoms with Gasteiger partial charge in [0.05, 0.1) is 6.61 Å². The summed E-state index contributed by atoms with van der Waals surface area (Å²) in [6.07, 6.45) is 2.02. The van der Waals surface area contributed by atoms with E-state index in [-0.39, 0.29) is 5.41 Å². The lowest BCUT2D eigenvalue weighted by molar-refractivity contribution is 0.0761. The van der Waals surface area contributed by atoms with Gasteiger partial charge in [-0.15, -0.1) is 0 Å². The average Bonchev–Trinajstić information content (AvgIpc) is 2.55. The second-order valence-electron chi connectivity index (χ2n) is 6.79. The number of hydrogen-bond donors (Lipinski definition) is 1. The van der Waals surface area contributed by atoms with Crippen molar-refractivity contribution in [1.82, 2.24) is 5.32 Å². The number of methoxy groups -OCH3 is 1. The number of nitrogens with one attached hydrogen (secondary N) is 1. The summed E-state index contributed by atoms with van der Waals surface area (Å²) in [5.41, 5.74) is 2.79. The maximum Gasteiger partial charge on any atom is 0.0537 e. The molecule has 0 unspecified atom stereocenters. The van der Waals surface area contributed by atoms with Crippen LogP contribution in [0.3, 0.4) is 0 Å². The molecule has 0 radical (unpaired) electrons. The van der Waals surface area contributed by atoms with Crippen LogP contribution < -0.4 is 5.32 Å². The van der Waals surface area contributed by atoms with E-state index in [0.717, 1.165) is 26.0 Å². The molecule has 0 aliphatic carbocycles. The summed E-state index contributed by atoms with van der Waals surface area (Å²) in [6.45, 7) is 6.09. The lowest BCUT2D eigenvalue weighted by Gasteiger charge is -2.35. The van der Waals surface area contributed by atoms with E-state index in [1.807, 2.05) is 0 Å². The van der Waals surface area contributed by atoms with Crippen LogP contribution in [0.5, 0.6) is 0 Å². The van der Waals surface area contributed by atoms with Gasteiger partial charge in [-0.05, 0) is 24.0 Å². The average molecular weight is 311 g/mol. The van der Waals surface area contributed by atoms with Gasteiger partial charge in [0.25, 0.3) is 0 Å². The molecule has 124 valence electrons. The Hall–Kier alpha value is -1.64. The molecule has 0 heterocycles. The summed E-state index contributed by atoms with van der Waals surface area (Å²) in [7, 11) is 1.81. The molecule has 2 aromatic carbocycles. The van der Waals surface area contributed by atoms with E-state index in [9.17, 15) is 0 Å². The first-order chi connectivity index (χ1) is 11.1. The Morgan fingerprint density at radius 1 is 0.870 bits per heavy atom. The van der Waals surface area contributed by atoms with Gasteiger partial charge in [0.2, 0.25) is 0 Å². The molecular formula is C21H29NO. The molecule has 0 saturated heterocycles. The largest absolute Gasteiger partial charge is 0.384 e. The van der Waals surface area contributed by atoms with Crippen LogP contribution in [0.15, 0.2) is 60.7 Å². The third-order valence-electron chi connectivity index (χ3n) is 4.18. The zero-order chi connectivity index (χ0) is 16.5. The minimum atomic E-state index is 0.0573. The van der Waals surface area contributed by atoms with Crippen LogP contribution >= 0.6 is 0 Å². The Balaban J connectivity index is 2.25. The quantitative estimate of drug-likeness (QED) is 0.753. The van der Waals surface area contributed by atoms with Crippen molar-refractivity contribution in [2.45, 2.75) is 32.7 Å². The molecule has 1 N–H and O–H groups in total. The fourth-order valence-corrected chi connectivity index (χ4v) is 3.13. The van der Waals surface area contributed by atoms with Gasteiger partial charge in [0, 0.05) is 25.1 Å². The molecule has 0 bridgehead atoms. The van der Waals surface area contributed by atoms with Crippen molar-refractivity contribution in [3.63, 3.8) is 0 Å². The fraction of sp³-hybridized carbons (Fsp3) is 0.429. The molecule has 0 fully saturated rings. The van der Waals surface area contributed by atoms with Crippen LogP contribution in [0, 0.1) is 5.41 Å². The first-order valence-corrected chi connectivity index (χ1v) is 8.44. The SMILES string of the molecule is COCC(CNC(C)C)(Cc1ccccc1)Cc1ccccc1. The van der Waals surface area contributed by atoms with E-state index in [1.54, 1.807) is 7.11 Å². The summed E-state index contributed by atoms with van der Waals surface area (Å²) in [6, 6.07) is 21.9. The highest BCUT2D eigenvalue weighted by atomic mass is 16.5. The summed E-state index contributed by atoms with van der Waals surface area (Å²) >= 11 is 0. The van der Waals surface area contributed by atoms with Crippen LogP contribution in [0.2, 0.25) is 0 Å². The smallest absolute Gasteiger partial charge is 0.0537 e. The van der Waals surface area contributed by atoms with E-state index in [0.29, 0.717) is 6.04 Å². The van der Waals surface area contributed by atoms with Gasteiger partial charge >= 0.3 is 0 Å². The van der Waals surface area contributed by atoms with Gasteiger partial charge in [-0.1, -0.05) is 74.5 Å². The molecule has 0 atom stereocenters. The first-order valence-electron chi connectivity index (χ1n) is 8.44. The van der Waals surface area contributed by atoms with E-state index in [1.165, 1.54) is 11.1 Å². The zero-order valence-electron chi connectivity index (χ0n) is 14.6. The molecule has 2 aromatic rings. The third kappa shape index (κ3) is 5.81. The Labute approximate surface area is 140 Å². The van der Waals surface area contributed by atoms with Crippen LogP contribution in [0.1, 0.15) is 25.0 Å². The number of ether oxygens (including phenoxy) is 1. The molecule has 0 aliphatic heterocycles. The maximum atomic E-state index is 5.64. The Morgan fingerprint density at radius 2 is 1.35 bits per heavy atom. The summed E-state index contributed by atoms with van der Waals surface area (Å²) < 4.78 is 5.64. The van der Waals surface area contributed by atoms with Crippen molar-refractivity contribution in [3.05, 3.63) is 71.8 Å². The van der Waals surface area contributed by atoms with Crippen LogP contribution in [-0.4, -0.2) is 26.3 Å². The lowest BCUT2D eigenvalue weighted by Crippen LogP contribution is -2.43. The maximum absolute atomic E-state index is 5.64. The van der Waals surface area contributed by atoms with Crippen molar-refractivity contribution in [1.29, 1.82) is 0 Å². The van der Waals surface area contributed by atoms with E-state index < -0.39 is 0 Å². The number of rotatable bonds is 9.